The number of carbonyl (C=O) groups excluding carboxylic acids is 1. The van der Waals surface area contributed by atoms with E-state index in [1.807, 2.05) is 6.92 Å². The van der Waals surface area contributed by atoms with Crippen LogP contribution >= 0.6 is 0 Å². The summed E-state index contributed by atoms with van der Waals surface area (Å²) in [6.07, 6.45) is 4.23. The molecule has 5 nitrogen and oxygen atoms in total. The minimum atomic E-state index is -0.0863. The van der Waals surface area contributed by atoms with Gasteiger partial charge in [0.15, 0.2) is 0 Å². The minimum absolute atomic E-state index is 0.0345. The Morgan fingerprint density at radius 2 is 2.27 bits per heavy atom. The summed E-state index contributed by atoms with van der Waals surface area (Å²) < 4.78 is 0. The molecule has 5 heteroatoms. The van der Waals surface area contributed by atoms with Crippen LogP contribution in [-0.2, 0) is 0 Å². The topological polar surface area (TPSA) is 82.2 Å². The first-order valence-electron chi connectivity index (χ1n) is 5.51. The van der Waals surface area contributed by atoms with Crippen LogP contribution in [0.4, 0.5) is 4.79 Å². The standard InChI is InChI=1S/C10H20N4O/c1-2-6-14(7-9(11)12)10(15)13-8-4-3-5-8/h8H,2-7H2,1H3,(H3,11,12)(H,13,15). The number of rotatable bonds is 5. The van der Waals surface area contributed by atoms with Crippen molar-refractivity contribution in [2.75, 3.05) is 13.1 Å². The molecule has 0 bridgehead atoms. The van der Waals surface area contributed by atoms with Crippen LogP contribution in [0.15, 0.2) is 0 Å². The van der Waals surface area contributed by atoms with Gasteiger partial charge in [-0.2, -0.15) is 0 Å². The van der Waals surface area contributed by atoms with E-state index in [1.54, 1.807) is 4.90 Å². The van der Waals surface area contributed by atoms with Gasteiger partial charge in [0.1, 0.15) is 5.84 Å². The molecule has 0 radical (unpaired) electrons. The first-order valence-corrected chi connectivity index (χ1v) is 5.51. The highest BCUT2D eigenvalue weighted by molar-refractivity contribution is 5.84. The highest BCUT2D eigenvalue weighted by atomic mass is 16.2. The Morgan fingerprint density at radius 3 is 2.67 bits per heavy atom. The molecule has 1 fully saturated rings. The third kappa shape index (κ3) is 3.77. The lowest BCUT2D eigenvalue weighted by Crippen LogP contribution is -2.49. The first-order chi connectivity index (χ1) is 7.13. The average Bonchev–Trinajstić information content (AvgIpc) is 2.09. The molecule has 0 aromatic rings. The SMILES string of the molecule is CCCN(CC(=N)N)C(=O)NC1CCC1. The number of nitrogens with zero attached hydrogens (tertiary/aromatic N) is 1. The molecule has 0 aromatic carbocycles. The third-order valence-electron chi connectivity index (χ3n) is 2.57. The summed E-state index contributed by atoms with van der Waals surface area (Å²) in [7, 11) is 0. The highest BCUT2D eigenvalue weighted by Gasteiger charge is 2.22. The van der Waals surface area contributed by atoms with E-state index in [0.717, 1.165) is 19.3 Å². The number of hydrogen-bond donors (Lipinski definition) is 3. The van der Waals surface area contributed by atoms with Crippen molar-refractivity contribution in [2.45, 2.75) is 38.6 Å². The van der Waals surface area contributed by atoms with Gasteiger partial charge in [0.2, 0.25) is 0 Å². The Kier molecular flexibility index (Phi) is 4.39. The fraction of sp³-hybridized carbons (Fsp3) is 0.800. The fourth-order valence-electron chi connectivity index (χ4n) is 1.55. The molecule has 4 N–H and O–H groups in total. The zero-order chi connectivity index (χ0) is 11.3. The first kappa shape index (κ1) is 11.8. The van der Waals surface area contributed by atoms with E-state index < -0.39 is 0 Å². The Bertz CT molecular complexity index is 238. The van der Waals surface area contributed by atoms with Crippen molar-refractivity contribution in [3.8, 4) is 0 Å². The van der Waals surface area contributed by atoms with Crippen LogP contribution in [-0.4, -0.2) is 35.9 Å². The number of nitrogens with two attached hydrogens (primary N) is 1. The van der Waals surface area contributed by atoms with E-state index in [9.17, 15) is 4.79 Å². The molecule has 1 saturated carbocycles. The summed E-state index contributed by atoms with van der Waals surface area (Å²) in [5, 5.41) is 10.1. The summed E-state index contributed by atoms with van der Waals surface area (Å²) in [5.74, 6) is 0.0345. The Hall–Kier alpha value is -1.26. The number of carbonyl (C=O) groups is 1. The second kappa shape index (κ2) is 5.58. The molecule has 15 heavy (non-hydrogen) atoms. The van der Waals surface area contributed by atoms with Crippen LogP contribution in [0, 0.1) is 5.41 Å². The maximum Gasteiger partial charge on any atom is 0.318 e. The predicted molar refractivity (Wildman–Crippen MR) is 59.9 cm³/mol. The monoisotopic (exact) mass is 212 g/mol. The van der Waals surface area contributed by atoms with E-state index in [0.29, 0.717) is 12.6 Å². The Labute approximate surface area is 90.5 Å². The van der Waals surface area contributed by atoms with E-state index in [1.165, 1.54) is 6.42 Å². The van der Waals surface area contributed by atoms with Crippen molar-refractivity contribution >= 4 is 11.9 Å². The van der Waals surface area contributed by atoms with E-state index >= 15 is 0 Å². The normalized spacial score (nSPS) is 15.5. The largest absolute Gasteiger partial charge is 0.386 e. The van der Waals surface area contributed by atoms with E-state index in [2.05, 4.69) is 5.32 Å². The highest BCUT2D eigenvalue weighted by Crippen LogP contribution is 2.18. The molecular formula is C10H20N4O. The lowest BCUT2D eigenvalue weighted by atomic mass is 9.93. The van der Waals surface area contributed by atoms with Gasteiger partial charge in [0.25, 0.3) is 0 Å². The lowest BCUT2D eigenvalue weighted by molar-refractivity contribution is 0.192. The molecule has 0 spiro atoms. The van der Waals surface area contributed by atoms with Gasteiger partial charge in [0.05, 0.1) is 6.54 Å². The van der Waals surface area contributed by atoms with Gasteiger partial charge in [0, 0.05) is 12.6 Å². The van der Waals surface area contributed by atoms with Crippen molar-refractivity contribution in [1.82, 2.24) is 10.2 Å². The van der Waals surface area contributed by atoms with Crippen LogP contribution < -0.4 is 11.1 Å². The van der Waals surface area contributed by atoms with Gasteiger partial charge >= 0.3 is 6.03 Å². The Balaban J connectivity index is 2.38. The summed E-state index contributed by atoms with van der Waals surface area (Å²) in [4.78, 5) is 13.3. The molecule has 0 atom stereocenters. The number of nitrogens with one attached hydrogen (secondary N) is 2. The third-order valence-corrected chi connectivity index (χ3v) is 2.57. The van der Waals surface area contributed by atoms with Gasteiger partial charge in [-0.3, -0.25) is 5.41 Å². The molecular weight excluding hydrogens is 192 g/mol. The maximum atomic E-state index is 11.7. The number of amides is 2. The molecule has 1 aliphatic rings. The number of urea groups is 1. The van der Waals surface area contributed by atoms with E-state index in [4.69, 9.17) is 11.1 Å². The average molecular weight is 212 g/mol. The van der Waals surface area contributed by atoms with Crippen LogP contribution in [0.25, 0.3) is 0 Å². The molecule has 0 aromatic heterocycles. The number of amidine groups is 1. The number of hydrogen-bond acceptors (Lipinski definition) is 2. The van der Waals surface area contributed by atoms with E-state index in [-0.39, 0.29) is 18.4 Å². The van der Waals surface area contributed by atoms with Crippen LogP contribution in [0.1, 0.15) is 32.6 Å². The van der Waals surface area contributed by atoms with Crippen LogP contribution in [0.5, 0.6) is 0 Å². The van der Waals surface area contributed by atoms with Crippen molar-refractivity contribution in [2.24, 2.45) is 5.73 Å². The molecule has 1 aliphatic carbocycles. The van der Waals surface area contributed by atoms with Crippen molar-refractivity contribution in [3.05, 3.63) is 0 Å². The van der Waals surface area contributed by atoms with Gasteiger partial charge in [-0.05, 0) is 25.7 Å². The summed E-state index contributed by atoms with van der Waals surface area (Å²) in [6, 6.07) is 0.251. The molecule has 0 heterocycles. The zero-order valence-corrected chi connectivity index (χ0v) is 9.25. The van der Waals surface area contributed by atoms with Crippen molar-refractivity contribution in [3.63, 3.8) is 0 Å². The minimum Gasteiger partial charge on any atom is -0.386 e. The fourth-order valence-corrected chi connectivity index (χ4v) is 1.55. The quantitative estimate of drug-likeness (QED) is 0.467. The second-order valence-corrected chi connectivity index (χ2v) is 4.02. The molecule has 0 unspecified atom stereocenters. The molecule has 1 rings (SSSR count). The van der Waals surface area contributed by atoms with Crippen LogP contribution in [0.2, 0.25) is 0 Å². The summed E-state index contributed by atoms with van der Waals surface area (Å²) in [6.45, 7) is 2.88. The molecule has 2 amide bonds. The molecule has 86 valence electrons. The van der Waals surface area contributed by atoms with Crippen molar-refractivity contribution < 1.29 is 4.79 Å². The molecule has 0 aliphatic heterocycles. The molecule has 0 saturated heterocycles. The van der Waals surface area contributed by atoms with Gasteiger partial charge in [-0.25, -0.2) is 4.79 Å². The van der Waals surface area contributed by atoms with Gasteiger partial charge in [-0.1, -0.05) is 6.92 Å². The maximum absolute atomic E-state index is 11.7. The predicted octanol–water partition coefficient (Wildman–Crippen LogP) is 0.896. The van der Waals surface area contributed by atoms with Gasteiger partial charge in [-0.15, -0.1) is 0 Å². The summed E-state index contributed by atoms with van der Waals surface area (Å²) in [5.41, 5.74) is 5.30. The summed E-state index contributed by atoms with van der Waals surface area (Å²) >= 11 is 0. The van der Waals surface area contributed by atoms with Crippen molar-refractivity contribution in [1.29, 1.82) is 5.41 Å². The smallest absolute Gasteiger partial charge is 0.318 e. The zero-order valence-electron chi connectivity index (χ0n) is 9.25. The lowest BCUT2D eigenvalue weighted by Gasteiger charge is -2.30. The van der Waals surface area contributed by atoms with Gasteiger partial charge < -0.3 is 16.0 Å². The Morgan fingerprint density at radius 1 is 1.60 bits per heavy atom. The van der Waals surface area contributed by atoms with Crippen LogP contribution in [0.3, 0.4) is 0 Å². The second-order valence-electron chi connectivity index (χ2n) is 4.02.